The average Bonchev–Trinajstić information content (AvgIpc) is 3.03. The molecule has 1 aliphatic heterocycles. The maximum absolute atomic E-state index is 12.3. The Hall–Kier alpha value is -1.39. The van der Waals surface area contributed by atoms with Gasteiger partial charge in [0, 0.05) is 26.2 Å². The molecule has 1 heterocycles. The smallest absolute Gasteiger partial charge is 0.234 e. The second-order valence-electron chi connectivity index (χ2n) is 6.89. The van der Waals surface area contributed by atoms with Gasteiger partial charge in [0.15, 0.2) is 0 Å². The van der Waals surface area contributed by atoms with Crippen molar-refractivity contribution in [3.63, 3.8) is 0 Å². The van der Waals surface area contributed by atoms with Gasteiger partial charge in [0.2, 0.25) is 5.91 Å². The molecule has 1 aliphatic carbocycles. The van der Waals surface area contributed by atoms with Crippen LogP contribution < -0.4 is 5.32 Å². The van der Waals surface area contributed by atoms with Gasteiger partial charge in [-0.25, -0.2) is 0 Å². The number of hydrogen-bond donors (Lipinski definition) is 1. The van der Waals surface area contributed by atoms with Gasteiger partial charge in [-0.05, 0) is 37.2 Å². The van der Waals surface area contributed by atoms with Gasteiger partial charge in [-0.2, -0.15) is 0 Å². The molecule has 126 valence electrons. The van der Waals surface area contributed by atoms with Crippen molar-refractivity contribution in [3.05, 3.63) is 35.9 Å². The minimum Gasteiger partial charge on any atom is -0.376 e. The van der Waals surface area contributed by atoms with E-state index in [9.17, 15) is 4.79 Å². The summed E-state index contributed by atoms with van der Waals surface area (Å²) in [6, 6.07) is 10.4. The van der Waals surface area contributed by atoms with Gasteiger partial charge in [0.05, 0.1) is 12.6 Å². The Kier molecular flexibility index (Phi) is 6.06. The van der Waals surface area contributed by atoms with Crippen LogP contribution >= 0.6 is 0 Å². The summed E-state index contributed by atoms with van der Waals surface area (Å²) < 4.78 is 5.57. The Balaban J connectivity index is 1.48. The molecule has 1 N–H and O–H groups in total. The first-order valence-corrected chi connectivity index (χ1v) is 8.94. The molecular formula is C19H28N2O2. The number of nitrogens with zero attached hydrogens (tertiary/aromatic N) is 1. The number of nitrogens with one attached hydrogen (secondary N) is 1. The van der Waals surface area contributed by atoms with E-state index in [1.54, 1.807) is 0 Å². The second-order valence-corrected chi connectivity index (χ2v) is 6.89. The largest absolute Gasteiger partial charge is 0.376 e. The molecule has 2 aliphatic rings. The molecular weight excluding hydrogens is 288 g/mol. The van der Waals surface area contributed by atoms with Gasteiger partial charge < -0.3 is 10.1 Å². The van der Waals surface area contributed by atoms with Gasteiger partial charge in [0.1, 0.15) is 0 Å². The molecule has 4 nitrogen and oxygen atoms in total. The maximum Gasteiger partial charge on any atom is 0.234 e. The highest BCUT2D eigenvalue weighted by molar-refractivity contribution is 5.78. The molecule has 1 saturated heterocycles. The van der Waals surface area contributed by atoms with Crippen LogP contribution in [0.5, 0.6) is 0 Å². The van der Waals surface area contributed by atoms with Crippen LogP contribution in [-0.4, -0.2) is 43.2 Å². The highest BCUT2D eigenvalue weighted by Crippen LogP contribution is 2.27. The zero-order valence-electron chi connectivity index (χ0n) is 13.9. The zero-order chi connectivity index (χ0) is 15.9. The third kappa shape index (κ3) is 5.33. The van der Waals surface area contributed by atoms with E-state index in [4.69, 9.17) is 4.74 Å². The SMILES string of the molecule is O=C(CN(Cc1ccccc1)CC1CCC1)NCC1CCCO1. The van der Waals surface area contributed by atoms with Crippen LogP contribution in [0.15, 0.2) is 30.3 Å². The highest BCUT2D eigenvalue weighted by atomic mass is 16.5. The van der Waals surface area contributed by atoms with Crippen LogP contribution in [0.1, 0.15) is 37.7 Å². The predicted octanol–water partition coefficient (Wildman–Crippen LogP) is 2.58. The molecule has 1 aromatic carbocycles. The van der Waals surface area contributed by atoms with Crippen molar-refractivity contribution >= 4 is 5.91 Å². The molecule has 1 saturated carbocycles. The molecule has 0 radical (unpaired) electrons. The lowest BCUT2D eigenvalue weighted by molar-refractivity contribution is -0.123. The molecule has 0 bridgehead atoms. The lowest BCUT2D eigenvalue weighted by Crippen LogP contribution is -2.42. The van der Waals surface area contributed by atoms with Crippen molar-refractivity contribution in [1.29, 1.82) is 0 Å². The summed E-state index contributed by atoms with van der Waals surface area (Å²) in [7, 11) is 0. The molecule has 1 unspecified atom stereocenters. The van der Waals surface area contributed by atoms with Gasteiger partial charge in [0.25, 0.3) is 0 Å². The normalized spacial score (nSPS) is 21.3. The molecule has 1 aromatic rings. The Labute approximate surface area is 139 Å². The number of ether oxygens (including phenoxy) is 1. The fraction of sp³-hybridized carbons (Fsp3) is 0.632. The third-order valence-electron chi connectivity index (χ3n) is 4.91. The molecule has 0 spiro atoms. The number of carbonyl (C=O) groups is 1. The van der Waals surface area contributed by atoms with Crippen molar-refractivity contribution in [2.75, 3.05) is 26.2 Å². The van der Waals surface area contributed by atoms with E-state index in [1.807, 2.05) is 6.07 Å². The predicted molar refractivity (Wildman–Crippen MR) is 91.0 cm³/mol. The van der Waals surface area contributed by atoms with Crippen molar-refractivity contribution in [2.45, 2.75) is 44.8 Å². The third-order valence-corrected chi connectivity index (χ3v) is 4.91. The van der Waals surface area contributed by atoms with E-state index in [1.165, 1.54) is 24.8 Å². The average molecular weight is 316 g/mol. The number of carbonyl (C=O) groups excluding carboxylic acids is 1. The maximum atomic E-state index is 12.3. The number of amides is 1. The van der Waals surface area contributed by atoms with Crippen LogP contribution in [0, 0.1) is 5.92 Å². The lowest BCUT2D eigenvalue weighted by Gasteiger charge is -2.32. The minimum atomic E-state index is 0.121. The number of rotatable bonds is 8. The molecule has 23 heavy (non-hydrogen) atoms. The zero-order valence-corrected chi connectivity index (χ0v) is 13.9. The Morgan fingerprint density at radius 2 is 2.00 bits per heavy atom. The van der Waals surface area contributed by atoms with E-state index in [2.05, 4.69) is 34.5 Å². The van der Waals surface area contributed by atoms with E-state index in [-0.39, 0.29) is 12.0 Å². The summed E-state index contributed by atoms with van der Waals surface area (Å²) >= 11 is 0. The van der Waals surface area contributed by atoms with E-state index in [0.717, 1.165) is 38.5 Å². The molecule has 4 heteroatoms. The van der Waals surface area contributed by atoms with Gasteiger partial charge >= 0.3 is 0 Å². The van der Waals surface area contributed by atoms with Gasteiger partial charge in [-0.15, -0.1) is 0 Å². The quantitative estimate of drug-likeness (QED) is 0.801. The van der Waals surface area contributed by atoms with E-state index < -0.39 is 0 Å². The lowest BCUT2D eigenvalue weighted by atomic mass is 9.85. The fourth-order valence-electron chi connectivity index (χ4n) is 3.36. The summed E-state index contributed by atoms with van der Waals surface area (Å²) in [6.45, 7) is 3.86. The van der Waals surface area contributed by atoms with Crippen molar-refractivity contribution in [1.82, 2.24) is 10.2 Å². The molecule has 1 amide bonds. The summed E-state index contributed by atoms with van der Waals surface area (Å²) in [6.07, 6.45) is 6.35. The van der Waals surface area contributed by atoms with E-state index >= 15 is 0 Å². The Morgan fingerprint density at radius 1 is 1.17 bits per heavy atom. The molecule has 0 aromatic heterocycles. The molecule has 2 fully saturated rings. The van der Waals surface area contributed by atoms with Crippen molar-refractivity contribution in [2.24, 2.45) is 5.92 Å². The summed E-state index contributed by atoms with van der Waals surface area (Å²) in [5, 5.41) is 3.04. The first-order valence-electron chi connectivity index (χ1n) is 8.94. The van der Waals surface area contributed by atoms with Gasteiger partial charge in [-0.1, -0.05) is 36.8 Å². The van der Waals surface area contributed by atoms with Gasteiger partial charge in [-0.3, -0.25) is 9.69 Å². The highest BCUT2D eigenvalue weighted by Gasteiger charge is 2.23. The topological polar surface area (TPSA) is 41.6 Å². The van der Waals surface area contributed by atoms with Crippen LogP contribution in [0.2, 0.25) is 0 Å². The number of hydrogen-bond acceptors (Lipinski definition) is 3. The second kappa shape index (κ2) is 8.46. The van der Waals surface area contributed by atoms with Crippen LogP contribution in [-0.2, 0) is 16.1 Å². The molecule has 1 atom stereocenters. The van der Waals surface area contributed by atoms with E-state index in [0.29, 0.717) is 13.1 Å². The van der Waals surface area contributed by atoms with Crippen LogP contribution in [0.25, 0.3) is 0 Å². The Bertz CT molecular complexity index is 481. The summed E-state index contributed by atoms with van der Waals surface area (Å²) in [5.74, 6) is 0.889. The fourth-order valence-corrected chi connectivity index (χ4v) is 3.36. The summed E-state index contributed by atoms with van der Waals surface area (Å²) in [4.78, 5) is 14.6. The van der Waals surface area contributed by atoms with Crippen molar-refractivity contribution < 1.29 is 9.53 Å². The standard InChI is InChI=1S/C19H28N2O2/c22-19(20-12-18-10-5-11-23-18)15-21(14-17-8-4-9-17)13-16-6-2-1-3-7-16/h1-3,6-7,17-18H,4-5,8-15H2,(H,20,22). The monoisotopic (exact) mass is 316 g/mol. The number of benzene rings is 1. The summed E-state index contributed by atoms with van der Waals surface area (Å²) in [5.41, 5.74) is 1.28. The first kappa shape index (κ1) is 16.5. The Morgan fingerprint density at radius 3 is 2.65 bits per heavy atom. The minimum absolute atomic E-state index is 0.121. The van der Waals surface area contributed by atoms with Crippen LogP contribution in [0.3, 0.4) is 0 Å². The molecule has 3 rings (SSSR count). The van der Waals surface area contributed by atoms with Crippen molar-refractivity contribution in [3.8, 4) is 0 Å². The first-order chi connectivity index (χ1) is 11.3. The van der Waals surface area contributed by atoms with Crippen LogP contribution in [0.4, 0.5) is 0 Å².